The van der Waals surface area contributed by atoms with Crippen LogP contribution >= 0.6 is 0 Å². The molecule has 2 aliphatic rings. The summed E-state index contributed by atoms with van der Waals surface area (Å²) in [6, 6.07) is 8.63. The Balaban J connectivity index is 1.79. The van der Waals surface area contributed by atoms with Crippen LogP contribution in [0.15, 0.2) is 70.1 Å². The van der Waals surface area contributed by atoms with Crippen molar-refractivity contribution < 1.29 is 77.1 Å². The number of unbranched alkanes of at least 4 members (excludes halogenated alkanes) is 2. The molecule has 2 aromatic carbocycles. The summed E-state index contributed by atoms with van der Waals surface area (Å²) in [5.74, 6) is -1.47. The lowest BCUT2D eigenvalue weighted by atomic mass is 9.75. The second-order valence-corrected chi connectivity index (χ2v) is 20.2. The van der Waals surface area contributed by atoms with Crippen molar-refractivity contribution >= 4 is 53.4 Å². The van der Waals surface area contributed by atoms with Crippen molar-refractivity contribution in [3.63, 3.8) is 0 Å². The first kappa shape index (κ1) is 52.0. The number of anilines is 1. The molecule has 0 aliphatic carbocycles. The van der Waals surface area contributed by atoms with E-state index in [4.69, 9.17) is 23.7 Å². The average molecular weight is 946 g/mol. The van der Waals surface area contributed by atoms with Gasteiger partial charge in [0.25, 0.3) is 30.4 Å². The Bertz CT molecular complexity index is 2330. The number of aliphatic carboxylic acids is 1. The highest BCUT2D eigenvalue weighted by Crippen LogP contribution is 2.51. The van der Waals surface area contributed by atoms with E-state index in [2.05, 4.69) is 0 Å². The van der Waals surface area contributed by atoms with Crippen molar-refractivity contribution in [3.05, 3.63) is 71.5 Å². The quantitative estimate of drug-likeness (QED) is 0.0485. The molecular weight excluding hydrogens is 885 g/mol. The molecule has 2 aliphatic heterocycles. The molecular formula is C42H61N2O16S3+. The summed E-state index contributed by atoms with van der Waals surface area (Å²) in [6.45, 7) is 7.35. The number of rotatable bonds is 29. The van der Waals surface area contributed by atoms with E-state index in [9.17, 15) is 48.8 Å². The van der Waals surface area contributed by atoms with E-state index in [1.165, 1.54) is 24.3 Å². The molecule has 352 valence electrons. The highest BCUT2D eigenvalue weighted by Gasteiger charge is 2.48. The molecule has 4 N–H and O–H groups in total. The lowest BCUT2D eigenvalue weighted by Gasteiger charge is -2.30. The minimum atomic E-state index is -4.64. The number of nitrogens with zero attached hydrogens (tertiary/aromatic N) is 2. The van der Waals surface area contributed by atoms with Gasteiger partial charge in [0.1, 0.15) is 6.54 Å². The number of benzene rings is 2. The zero-order valence-electron chi connectivity index (χ0n) is 36.2. The monoisotopic (exact) mass is 945 g/mol. The van der Waals surface area contributed by atoms with E-state index in [1.54, 1.807) is 32.4 Å². The molecule has 4 rings (SSSR count). The van der Waals surface area contributed by atoms with Gasteiger partial charge in [-0.25, -0.2) is 0 Å². The van der Waals surface area contributed by atoms with Crippen LogP contribution in [0.1, 0.15) is 69.9 Å². The van der Waals surface area contributed by atoms with E-state index < -0.39 is 52.9 Å². The van der Waals surface area contributed by atoms with Gasteiger partial charge in [0.2, 0.25) is 5.69 Å². The Hall–Kier alpha value is -3.61. The zero-order chi connectivity index (χ0) is 46.5. The maximum absolute atomic E-state index is 12.4. The van der Waals surface area contributed by atoms with Crippen molar-refractivity contribution in [2.45, 2.75) is 79.4 Å². The molecule has 21 heteroatoms. The highest BCUT2D eigenvalue weighted by molar-refractivity contribution is 7.86. The molecule has 2 aromatic rings. The van der Waals surface area contributed by atoms with Crippen LogP contribution in [0.25, 0.3) is 0 Å². The molecule has 0 saturated carbocycles. The van der Waals surface area contributed by atoms with Crippen LogP contribution in [0, 0.1) is 0 Å². The first-order valence-corrected chi connectivity index (χ1v) is 25.1. The summed E-state index contributed by atoms with van der Waals surface area (Å²) in [7, 11) is -10.4. The predicted molar refractivity (Wildman–Crippen MR) is 234 cm³/mol. The van der Waals surface area contributed by atoms with Crippen LogP contribution < -0.4 is 4.90 Å². The van der Waals surface area contributed by atoms with Gasteiger partial charge < -0.3 is 33.7 Å². The third kappa shape index (κ3) is 14.2. The topological polar surface area (TPSA) is 253 Å². The maximum Gasteiger partial charge on any atom is 0.303 e. The first-order chi connectivity index (χ1) is 29.7. The molecule has 0 aromatic heterocycles. The number of ether oxygens (including phenoxy) is 5. The third-order valence-electron chi connectivity index (χ3n) is 11.3. The highest BCUT2D eigenvalue weighted by atomic mass is 32.2. The van der Waals surface area contributed by atoms with E-state index in [0.717, 1.165) is 5.70 Å². The summed E-state index contributed by atoms with van der Waals surface area (Å²) in [6.07, 6.45) is 7.55. The summed E-state index contributed by atoms with van der Waals surface area (Å²) < 4.78 is 132. The van der Waals surface area contributed by atoms with Gasteiger partial charge in [-0.3, -0.25) is 18.5 Å². The van der Waals surface area contributed by atoms with Crippen LogP contribution in [-0.4, -0.2) is 146 Å². The molecule has 0 saturated heterocycles. The van der Waals surface area contributed by atoms with E-state index >= 15 is 0 Å². The number of hydrogen-bond acceptors (Lipinski definition) is 13. The van der Waals surface area contributed by atoms with Crippen LogP contribution in [0.4, 0.5) is 11.4 Å². The van der Waals surface area contributed by atoms with Gasteiger partial charge in [-0.2, -0.15) is 29.8 Å². The summed E-state index contributed by atoms with van der Waals surface area (Å²) in [5, 5.41) is 9.20. The standard InChI is InChI=1S/C42H60N2O16S3/c1-41(17-9-29-61(47,48)49)34-30-32(62(50,51)52)13-15-36(34)43(19-7-5-6-12-40(45)46)38(41)10-8-11-39-42(2,18-21-58-25-26-60-28-27-59-24-23-57-4)35-31-33(63(53,54)55)14-16-37(35)44(39)20-22-56-3/h8,10-11,13-16,30-31H,5-7,9,12,17-29H2,1-4H3,(H3-,45,46,47,48,49,50,51,52,53,54,55)/p+1. The smallest absolute Gasteiger partial charge is 0.303 e. The van der Waals surface area contributed by atoms with Crippen LogP contribution in [0.5, 0.6) is 0 Å². The van der Waals surface area contributed by atoms with Crippen molar-refractivity contribution in [2.24, 2.45) is 0 Å². The largest absolute Gasteiger partial charge is 0.481 e. The zero-order valence-corrected chi connectivity index (χ0v) is 38.7. The van der Waals surface area contributed by atoms with E-state index in [1.807, 2.05) is 35.5 Å². The van der Waals surface area contributed by atoms with Crippen molar-refractivity contribution in [3.8, 4) is 0 Å². The second kappa shape index (κ2) is 23.0. The number of hydrogen-bond donors (Lipinski definition) is 4. The number of carboxylic acids is 1. The van der Waals surface area contributed by atoms with Gasteiger partial charge in [-0.15, -0.1) is 0 Å². The minimum absolute atomic E-state index is 0.00274. The summed E-state index contributed by atoms with van der Waals surface area (Å²) in [4.78, 5) is 12.6. The Morgan fingerprint density at radius 1 is 0.714 bits per heavy atom. The minimum Gasteiger partial charge on any atom is -0.481 e. The van der Waals surface area contributed by atoms with E-state index in [0.29, 0.717) is 107 Å². The number of carbonyl (C=O) groups is 1. The normalized spacial score (nSPS) is 19.7. The van der Waals surface area contributed by atoms with E-state index in [-0.39, 0.29) is 42.3 Å². The first-order valence-electron chi connectivity index (χ1n) is 20.6. The third-order valence-corrected chi connectivity index (χ3v) is 13.8. The molecule has 2 unspecified atom stereocenters. The number of allylic oxidation sites excluding steroid dienone is 4. The second-order valence-electron chi connectivity index (χ2n) is 15.7. The maximum atomic E-state index is 12.4. The Kier molecular flexibility index (Phi) is 19.0. The number of methoxy groups -OCH3 is 2. The average Bonchev–Trinajstić information content (AvgIpc) is 3.57. The molecule has 0 amide bonds. The van der Waals surface area contributed by atoms with Crippen LogP contribution in [0.2, 0.25) is 0 Å². The SMILES string of the molecule is COCCOCCOCCOCCC1(C)/C(=C\C=C\C2=[N+](CCCCCC(=O)O)c3ccc(S(=O)(=O)O)cc3C2(C)CCCS(=O)(=O)O)N(CCOC)c2ccc(S(=O)(=O)O)cc21. The summed E-state index contributed by atoms with van der Waals surface area (Å²) in [5.41, 5.74) is 1.88. The molecule has 0 bridgehead atoms. The van der Waals surface area contributed by atoms with Gasteiger partial charge in [0, 0.05) is 74.7 Å². The Morgan fingerprint density at radius 2 is 1.30 bits per heavy atom. The lowest BCUT2D eigenvalue weighted by Crippen LogP contribution is -2.33. The predicted octanol–water partition coefficient (Wildman–Crippen LogP) is 4.80. The van der Waals surface area contributed by atoms with Gasteiger partial charge in [0.05, 0.1) is 67.2 Å². The van der Waals surface area contributed by atoms with Gasteiger partial charge in [0.15, 0.2) is 5.71 Å². The van der Waals surface area contributed by atoms with Crippen LogP contribution in [0.3, 0.4) is 0 Å². The van der Waals surface area contributed by atoms with Crippen molar-refractivity contribution in [1.82, 2.24) is 0 Å². The fourth-order valence-corrected chi connectivity index (χ4v) is 9.62. The van der Waals surface area contributed by atoms with Gasteiger partial charge in [-0.05, 0) is 87.9 Å². The van der Waals surface area contributed by atoms with Gasteiger partial charge in [-0.1, -0.05) is 6.08 Å². The molecule has 0 spiro atoms. The fraction of sp³-hybridized carbons (Fsp3) is 0.571. The molecule has 2 heterocycles. The summed E-state index contributed by atoms with van der Waals surface area (Å²) >= 11 is 0. The fourth-order valence-electron chi connectivity index (χ4n) is 8.10. The molecule has 63 heavy (non-hydrogen) atoms. The van der Waals surface area contributed by atoms with Crippen LogP contribution in [-0.2, 0) is 69.7 Å². The molecule has 18 nitrogen and oxygen atoms in total. The number of fused-ring (bicyclic) bond motifs is 2. The number of carboxylic acid groups (broad SMARTS) is 1. The van der Waals surface area contributed by atoms with Gasteiger partial charge >= 0.3 is 5.97 Å². The molecule has 0 fully saturated rings. The van der Waals surface area contributed by atoms with Crippen molar-refractivity contribution in [2.75, 3.05) is 90.8 Å². The van der Waals surface area contributed by atoms with Crippen molar-refractivity contribution in [1.29, 1.82) is 0 Å². The molecule has 2 atom stereocenters. The Labute approximate surface area is 370 Å². The Morgan fingerprint density at radius 3 is 1.89 bits per heavy atom. The molecule has 0 radical (unpaired) electrons. The lowest BCUT2D eigenvalue weighted by molar-refractivity contribution is -0.438.